The van der Waals surface area contributed by atoms with Gasteiger partial charge in [-0.1, -0.05) is 24.8 Å². The second kappa shape index (κ2) is 7.09. The zero-order valence-electron chi connectivity index (χ0n) is 11.7. The standard InChI is InChI=1S/C16H16N2O3/c1-3-9-20-14-6-4-5-13(10-14)11-17-18-16(19)15-8-7-12(2)21-15/h3-8,10-11H,1,9H2,2H3,(H,18,19)/b17-11-. The average Bonchev–Trinajstić information content (AvgIpc) is 2.92. The number of nitrogens with one attached hydrogen (secondary N) is 1. The number of ether oxygens (including phenoxy) is 1. The number of benzene rings is 1. The van der Waals surface area contributed by atoms with Crippen LogP contribution in [0.1, 0.15) is 21.9 Å². The lowest BCUT2D eigenvalue weighted by Gasteiger charge is -2.03. The lowest BCUT2D eigenvalue weighted by molar-refractivity contribution is 0.0926. The van der Waals surface area contributed by atoms with Crippen molar-refractivity contribution in [3.8, 4) is 5.75 Å². The van der Waals surface area contributed by atoms with Crippen molar-refractivity contribution >= 4 is 12.1 Å². The molecule has 2 aromatic rings. The van der Waals surface area contributed by atoms with E-state index >= 15 is 0 Å². The van der Waals surface area contributed by atoms with E-state index < -0.39 is 5.91 Å². The highest BCUT2D eigenvalue weighted by molar-refractivity contribution is 5.92. The molecule has 0 aliphatic rings. The fourth-order valence-corrected chi connectivity index (χ4v) is 1.62. The van der Waals surface area contributed by atoms with E-state index in [2.05, 4.69) is 17.1 Å². The van der Waals surface area contributed by atoms with Gasteiger partial charge in [0.05, 0.1) is 6.21 Å². The maximum Gasteiger partial charge on any atom is 0.307 e. The first kappa shape index (κ1) is 14.6. The van der Waals surface area contributed by atoms with Crippen LogP contribution in [0.3, 0.4) is 0 Å². The van der Waals surface area contributed by atoms with Gasteiger partial charge in [0.2, 0.25) is 0 Å². The topological polar surface area (TPSA) is 63.8 Å². The number of aryl methyl sites for hydroxylation is 1. The van der Waals surface area contributed by atoms with Crippen molar-refractivity contribution in [2.24, 2.45) is 5.10 Å². The number of rotatable bonds is 6. The van der Waals surface area contributed by atoms with Crippen LogP contribution >= 0.6 is 0 Å². The predicted molar refractivity (Wildman–Crippen MR) is 80.6 cm³/mol. The number of carbonyl (C=O) groups excluding carboxylic acids is 1. The largest absolute Gasteiger partial charge is 0.490 e. The normalized spacial score (nSPS) is 10.5. The summed E-state index contributed by atoms with van der Waals surface area (Å²) in [5.74, 6) is 1.23. The van der Waals surface area contributed by atoms with E-state index in [9.17, 15) is 4.79 Å². The third kappa shape index (κ3) is 4.35. The van der Waals surface area contributed by atoms with Crippen LogP contribution in [-0.4, -0.2) is 18.7 Å². The summed E-state index contributed by atoms with van der Waals surface area (Å²) in [5.41, 5.74) is 3.22. The van der Waals surface area contributed by atoms with Gasteiger partial charge in [0, 0.05) is 0 Å². The summed E-state index contributed by atoms with van der Waals surface area (Å²) in [7, 11) is 0. The second-order valence-electron chi connectivity index (χ2n) is 4.28. The van der Waals surface area contributed by atoms with Crippen molar-refractivity contribution in [2.75, 3.05) is 6.61 Å². The fraction of sp³-hybridized carbons (Fsp3) is 0.125. The summed E-state index contributed by atoms with van der Waals surface area (Å²) in [5, 5.41) is 3.89. The molecular formula is C16H16N2O3. The molecule has 2 rings (SSSR count). The molecular weight excluding hydrogens is 268 g/mol. The minimum Gasteiger partial charge on any atom is -0.490 e. The van der Waals surface area contributed by atoms with Crippen LogP contribution in [-0.2, 0) is 0 Å². The predicted octanol–water partition coefficient (Wildman–Crippen LogP) is 2.92. The maximum atomic E-state index is 11.7. The summed E-state index contributed by atoms with van der Waals surface area (Å²) in [6, 6.07) is 10.7. The summed E-state index contributed by atoms with van der Waals surface area (Å²) < 4.78 is 10.6. The van der Waals surface area contributed by atoms with Gasteiger partial charge in [-0.15, -0.1) is 0 Å². The number of hydrogen-bond donors (Lipinski definition) is 1. The van der Waals surface area contributed by atoms with Crippen molar-refractivity contribution in [2.45, 2.75) is 6.92 Å². The maximum absolute atomic E-state index is 11.7. The van der Waals surface area contributed by atoms with Gasteiger partial charge in [-0.2, -0.15) is 5.10 Å². The molecule has 0 aliphatic carbocycles. The Morgan fingerprint density at radius 1 is 1.43 bits per heavy atom. The molecule has 0 atom stereocenters. The van der Waals surface area contributed by atoms with Gasteiger partial charge >= 0.3 is 5.91 Å². The highest BCUT2D eigenvalue weighted by Gasteiger charge is 2.07. The molecule has 0 fully saturated rings. The first-order valence-corrected chi connectivity index (χ1v) is 6.42. The quantitative estimate of drug-likeness (QED) is 0.504. The van der Waals surface area contributed by atoms with E-state index in [1.165, 1.54) is 6.21 Å². The van der Waals surface area contributed by atoms with Gasteiger partial charge in [-0.05, 0) is 36.8 Å². The van der Waals surface area contributed by atoms with Crippen molar-refractivity contribution in [3.05, 3.63) is 66.1 Å². The van der Waals surface area contributed by atoms with E-state index in [0.717, 1.165) is 5.56 Å². The Bertz CT molecular complexity index is 659. The molecule has 1 aromatic carbocycles. The molecule has 0 radical (unpaired) electrons. The lowest BCUT2D eigenvalue weighted by atomic mass is 10.2. The monoisotopic (exact) mass is 284 g/mol. The molecule has 21 heavy (non-hydrogen) atoms. The lowest BCUT2D eigenvalue weighted by Crippen LogP contribution is -2.16. The first-order valence-electron chi connectivity index (χ1n) is 6.42. The average molecular weight is 284 g/mol. The highest BCUT2D eigenvalue weighted by atomic mass is 16.5. The minimum atomic E-state index is -0.390. The number of nitrogens with zero attached hydrogens (tertiary/aromatic N) is 1. The van der Waals surface area contributed by atoms with Gasteiger partial charge in [0.25, 0.3) is 0 Å². The van der Waals surface area contributed by atoms with Crippen molar-refractivity contribution < 1.29 is 13.9 Å². The van der Waals surface area contributed by atoms with Crippen LogP contribution in [0.4, 0.5) is 0 Å². The third-order valence-corrected chi connectivity index (χ3v) is 2.57. The first-order chi connectivity index (χ1) is 10.2. The summed E-state index contributed by atoms with van der Waals surface area (Å²) >= 11 is 0. The molecule has 0 spiro atoms. The van der Waals surface area contributed by atoms with Gasteiger partial charge in [0.15, 0.2) is 5.76 Å². The molecule has 5 heteroatoms. The third-order valence-electron chi connectivity index (χ3n) is 2.57. The molecule has 1 N–H and O–H groups in total. The van der Waals surface area contributed by atoms with Crippen LogP contribution in [0, 0.1) is 6.92 Å². The Labute approximate surface area is 122 Å². The number of hydrogen-bond acceptors (Lipinski definition) is 4. The van der Waals surface area contributed by atoms with E-state index in [1.807, 2.05) is 24.3 Å². The zero-order valence-corrected chi connectivity index (χ0v) is 11.7. The Morgan fingerprint density at radius 3 is 3.00 bits per heavy atom. The number of amides is 1. The van der Waals surface area contributed by atoms with E-state index in [4.69, 9.17) is 9.15 Å². The molecule has 0 saturated carbocycles. The van der Waals surface area contributed by atoms with E-state index in [1.54, 1.807) is 25.1 Å². The van der Waals surface area contributed by atoms with Crippen LogP contribution in [0.15, 0.2) is 58.6 Å². The van der Waals surface area contributed by atoms with Crippen LogP contribution in [0.25, 0.3) is 0 Å². The molecule has 1 aromatic heterocycles. The van der Waals surface area contributed by atoms with Gasteiger partial charge in [-0.25, -0.2) is 5.43 Å². The van der Waals surface area contributed by atoms with Crippen molar-refractivity contribution in [3.63, 3.8) is 0 Å². The summed E-state index contributed by atoms with van der Waals surface area (Å²) in [6.07, 6.45) is 3.21. The smallest absolute Gasteiger partial charge is 0.307 e. The van der Waals surface area contributed by atoms with E-state index in [0.29, 0.717) is 18.1 Å². The second-order valence-corrected chi connectivity index (χ2v) is 4.28. The SMILES string of the molecule is C=CCOc1cccc(/C=N\NC(=O)c2ccc(C)o2)c1. The fourth-order valence-electron chi connectivity index (χ4n) is 1.62. The number of carbonyl (C=O) groups is 1. The molecule has 108 valence electrons. The zero-order chi connectivity index (χ0) is 15.1. The molecule has 1 heterocycles. The molecule has 0 bridgehead atoms. The van der Waals surface area contributed by atoms with Gasteiger partial charge < -0.3 is 9.15 Å². The van der Waals surface area contributed by atoms with Crippen LogP contribution < -0.4 is 10.2 Å². The molecule has 0 saturated heterocycles. The molecule has 5 nitrogen and oxygen atoms in total. The van der Waals surface area contributed by atoms with Crippen LogP contribution in [0.2, 0.25) is 0 Å². The molecule has 1 amide bonds. The number of hydrazone groups is 1. The van der Waals surface area contributed by atoms with Gasteiger partial charge in [-0.3, -0.25) is 4.79 Å². The Balaban J connectivity index is 1.94. The van der Waals surface area contributed by atoms with E-state index in [-0.39, 0.29) is 5.76 Å². The highest BCUT2D eigenvalue weighted by Crippen LogP contribution is 2.12. The summed E-state index contributed by atoms with van der Waals surface area (Å²) in [4.78, 5) is 11.7. The summed E-state index contributed by atoms with van der Waals surface area (Å²) in [6.45, 7) is 5.80. The molecule has 0 aliphatic heterocycles. The Kier molecular flexibility index (Phi) is 4.93. The van der Waals surface area contributed by atoms with Crippen LogP contribution in [0.5, 0.6) is 5.75 Å². The Hall–Kier alpha value is -2.82. The van der Waals surface area contributed by atoms with Crippen molar-refractivity contribution in [1.29, 1.82) is 0 Å². The van der Waals surface area contributed by atoms with Gasteiger partial charge in [0.1, 0.15) is 18.1 Å². The number of furan rings is 1. The minimum absolute atomic E-state index is 0.229. The Morgan fingerprint density at radius 2 is 2.29 bits per heavy atom. The molecule has 0 unspecified atom stereocenters. The van der Waals surface area contributed by atoms with Crippen molar-refractivity contribution in [1.82, 2.24) is 5.43 Å².